The molecule has 7 aliphatic rings. The summed E-state index contributed by atoms with van der Waals surface area (Å²) in [6.07, 6.45) is -10.9. The number of aliphatic hydroxyl groups excluding tert-OH is 8. The van der Waals surface area contributed by atoms with E-state index in [0.717, 1.165) is 5.57 Å². The number of hydrogen-bond donors (Lipinski definition) is 9. The maximum Gasteiger partial charge on any atom is 0.335 e. The second-order valence-corrected chi connectivity index (χ2v) is 23.0. The highest BCUT2D eigenvalue weighted by Crippen LogP contribution is 2.76. The molecule has 2 heterocycles. The molecule has 6 fully saturated rings. The normalized spacial score (nSPS) is 48.7. The molecule has 21 atom stereocenters. The summed E-state index contributed by atoms with van der Waals surface area (Å²) in [5.74, 6) is -3.43. The fraction of sp³-hybridized carbons (Fsp3) is 0.824. The van der Waals surface area contributed by atoms with Crippen molar-refractivity contribution < 1.29 is 88.8 Å². The molecule has 0 amide bonds. The first-order chi connectivity index (χ1) is 32.2. The van der Waals surface area contributed by atoms with Crippen molar-refractivity contribution in [2.75, 3.05) is 19.8 Å². The Kier molecular flexibility index (Phi) is 15.0. The third-order valence-corrected chi connectivity index (χ3v) is 19.2. The van der Waals surface area contributed by atoms with E-state index in [1.165, 1.54) is 0 Å². The quantitative estimate of drug-likeness (QED) is 0.0622. The maximum absolute atomic E-state index is 13.7. The van der Waals surface area contributed by atoms with Gasteiger partial charge in [-0.05, 0) is 107 Å². The molecule has 0 spiro atoms. The van der Waals surface area contributed by atoms with Gasteiger partial charge in [0.2, 0.25) is 0 Å². The zero-order valence-electron chi connectivity index (χ0n) is 41.7. The second kappa shape index (κ2) is 19.2. The van der Waals surface area contributed by atoms with Crippen LogP contribution in [0.15, 0.2) is 34.9 Å². The van der Waals surface area contributed by atoms with E-state index in [-0.39, 0.29) is 24.9 Å². The third kappa shape index (κ3) is 8.37. The van der Waals surface area contributed by atoms with E-state index >= 15 is 0 Å². The lowest BCUT2D eigenvalue weighted by molar-refractivity contribution is -0.358. The number of aliphatic carboxylic acids is 1. The molecule has 0 aromatic rings. The molecule has 0 bridgehead atoms. The van der Waals surface area contributed by atoms with E-state index < -0.39 is 149 Å². The van der Waals surface area contributed by atoms with Crippen molar-refractivity contribution in [1.82, 2.24) is 0 Å². The molecule has 2 aliphatic heterocycles. The first-order valence-corrected chi connectivity index (χ1v) is 24.7. The highest BCUT2D eigenvalue weighted by atomic mass is 16.7. The Labute approximate surface area is 404 Å². The molecular formula is C51H78O18. The smallest absolute Gasteiger partial charge is 0.335 e. The van der Waals surface area contributed by atoms with Crippen molar-refractivity contribution in [2.45, 2.75) is 194 Å². The predicted octanol–water partition coefficient (Wildman–Crippen LogP) is 2.44. The average Bonchev–Trinajstić information content (AvgIpc) is 3.29. The third-order valence-electron chi connectivity index (χ3n) is 19.2. The lowest BCUT2D eigenvalue weighted by Crippen LogP contribution is -2.72. The van der Waals surface area contributed by atoms with Crippen molar-refractivity contribution >= 4 is 17.9 Å². The van der Waals surface area contributed by atoms with Gasteiger partial charge in [0.1, 0.15) is 42.7 Å². The minimum Gasteiger partial charge on any atom is -0.479 e. The van der Waals surface area contributed by atoms with Gasteiger partial charge in [0.25, 0.3) is 0 Å². The molecule has 18 heteroatoms. The van der Waals surface area contributed by atoms with Crippen LogP contribution in [-0.2, 0) is 42.8 Å². The Morgan fingerprint density at radius 2 is 1.38 bits per heavy atom. The van der Waals surface area contributed by atoms with E-state index in [4.69, 9.17) is 28.4 Å². The van der Waals surface area contributed by atoms with Crippen LogP contribution in [0.3, 0.4) is 0 Å². The van der Waals surface area contributed by atoms with Crippen LogP contribution in [0.1, 0.15) is 114 Å². The van der Waals surface area contributed by atoms with Gasteiger partial charge in [-0.15, -0.1) is 0 Å². The van der Waals surface area contributed by atoms with E-state index in [0.29, 0.717) is 49.7 Å². The van der Waals surface area contributed by atoms with E-state index in [9.17, 15) is 60.3 Å². The topological polar surface area (TPSA) is 289 Å². The Morgan fingerprint density at radius 1 is 0.754 bits per heavy atom. The van der Waals surface area contributed by atoms with Gasteiger partial charge >= 0.3 is 17.9 Å². The minimum absolute atomic E-state index is 0.00913. The Morgan fingerprint density at radius 3 is 1.96 bits per heavy atom. The summed E-state index contributed by atoms with van der Waals surface area (Å²) in [5.41, 5.74) is -2.90. The van der Waals surface area contributed by atoms with E-state index in [2.05, 4.69) is 26.8 Å². The predicted molar refractivity (Wildman–Crippen MR) is 244 cm³/mol. The van der Waals surface area contributed by atoms with E-state index in [1.54, 1.807) is 39.8 Å². The molecule has 390 valence electrons. The summed E-state index contributed by atoms with van der Waals surface area (Å²) < 4.78 is 35.9. The van der Waals surface area contributed by atoms with Gasteiger partial charge in [0, 0.05) is 22.0 Å². The summed E-state index contributed by atoms with van der Waals surface area (Å²) in [5, 5.41) is 99.5. The zero-order valence-corrected chi connectivity index (χ0v) is 41.7. The van der Waals surface area contributed by atoms with Crippen LogP contribution in [0.4, 0.5) is 0 Å². The van der Waals surface area contributed by atoms with Crippen LogP contribution in [0, 0.1) is 50.2 Å². The van der Waals surface area contributed by atoms with Crippen LogP contribution in [0.2, 0.25) is 0 Å². The first-order valence-electron chi connectivity index (χ1n) is 24.7. The number of carbonyl (C=O) groups is 3. The SMILES string of the molecule is C/C=C(/C)C(=O)O[C@H]1[C@H](OC(=O)/C(C)=C\C)[C@@]2(CO)C(CC1(C)C)C1=CCC3[C@@]4(C)CC[C@H](O[C@@H]5O[C@H](C(=O)O)[C@@H](O)[C@H](O[C@@H]6OC[C@H](O)[C@H](O)[C@H]6O)[C@H]5O)[C@@](C)(CO)C4CC[C@@]3(C)[C@]1(C)C[C@H]2O. The Hall–Kier alpha value is -2.85. The largest absolute Gasteiger partial charge is 0.479 e. The van der Waals surface area contributed by atoms with Crippen molar-refractivity contribution in [3.63, 3.8) is 0 Å². The van der Waals surface area contributed by atoms with Crippen molar-refractivity contribution in [2.24, 2.45) is 50.2 Å². The zero-order chi connectivity index (χ0) is 51.1. The van der Waals surface area contributed by atoms with Crippen LogP contribution in [0.25, 0.3) is 0 Å². The number of allylic oxidation sites excluding steroid dienone is 4. The number of esters is 2. The van der Waals surface area contributed by atoms with Gasteiger partial charge in [0.05, 0.1) is 37.4 Å². The molecule has 0 radical (unpaired) electrons. The van der Waals surface area contributed by atoms with E-state index in [1.807, 2.05) is 20.8 Å². The lowest BCUT2D eigenvalue weighted by atomic mass is 9.33. The summed E-state index contributed by atoms with van der Waals surface area (Å²) in [6.45, 7) is 18.0. The Bertz CT molecular complexity index is 2050. The number of hydrogen-bond acceptors (Lipinski definition) is 17. The van der Waals surface area contributed by atoms with Crippen LogP contribution >= 0.6 is 0 Å². The highest BCUT2D eigenvalue weighted by Gasteiger charge is 2.74. The van der Waals surface area contributed by atoms with Crippen molar-refractivity contribution in [3.8, 4) is 0 Å². The molecule has 3 unspecified atom stereocenters. The monoisotopic (exact) mass is 979 g/mol. The number of aliphatic hydroxyl groups is 8. The molecule has 69 heavy (non-hydrogen) atoms. The summed E-state index contributed by atoms with van der Waals surface area (Å²) >= 11 is 0. The molecule has 0 aromatic carbocycles. The molecule has 2 saturated heterocycles. The van der Waals surface area contributed by atoms with Gasteiger partial charge < -0.3 is 74.4 Å². The molecule has 5 aliphatic carbocycles. The number of carboxylic acids is 1. The van der Waals surface area contributed by atoms with Crippen LogP contribution in [-0.4, -0.2) is 163 Å². The highest BCUT2D eigenvalue weighted by molar-refractivity contribution is 5.89. The van der Waals surface area contributed by atoms with Crippen LogP contribution < -0.4 is 0 Å². The first kappa shape index (κ1) is 53.9. The van der Waals surface area contributed by atoms with Gasteiger partial charge in [-0.1, -0.05) is 65.3 Å². The molecule has 9 N–H and O–H groups in total. The van der Waals surface area contributed by atoms with Crippen molar-refractivity contribution in [3.05, 3.63) is 34.9 Å². The van der Waals surface area contributed by atoms with Gasteiger partial charge in [-0.3, -0.25) is 0 Å². The van der Waals surface area contributed by atoms with Crippen LogP contribution in [0.5, 0.6) is 0 Å². The van der Waals surface area contributed by atoms with Gasteiger partial charge in [-0.25, -0.2) is 14.4 Å². The molecule has 4 saturated carbocycles. The van der Waals surface area contributed by atoms with Gasteiger partial charge in [-0.2, -0.15) is 0 Å². The number of carboxylic acid groups (broad SMARTS) is 1. The summed E-state index contributed by atoms with van der Waals surface area (Å²) in [6, 6.07) is 0. The summed E-state index contributed by atoms with van der Waals surface area (Å²) in [4.78, 5) is 39.6. The number of fused-ring (bicyclic) bond motifs is 7. The second-order valence-electron chi connectivity index (χ2n) is 23.0. The average molecular weight is 979 g/mol. The number of rotatable bonds is 11. The fourth-order valence-electron chi connectivity index (χ4n) is 14.6. The number of ether oxygens (including phenoxy) is 6. The molecule has 7 rings (SSSR count). The lowest BCUT2D eigenvalue weighted by Gasteiger charge is -2.72. The molecule has 0 aromatic heterocycles. The number of carbonyl (C=O) groups excluding carboxylic acids is 2. The maximum atomic E-state index is 13.7. The minimum atomic E-state index is -1.96. The van der Waals surface area contributed by atoms with Crippen molar-refractivity contribution in [1.29, 1.82) is 0 Å². The fourth-order valence-corrected chi connectivity index (χ4v) is 14.6. The Balaban J connectivity index is 1.20. The molecule has 18 nitrogen and oxygen atoms in total. The molecular weight excluding hydrogens is 901 g/mol. The van der Waals surface area contributed by atoms with Gasteiger partial charge in [0.15, 0.2) is 24.8 Å². The standard InChI is InChI=1S/C51H78O18/c1-11-24(3)42(62)68-39-40(69-43(63)25(4)12-2)51(23-53)27(19-46(39,5)6)26-13-14-30-47(7)17-16-32(48(8,22-52)29(47)15-18-49(30,9)50(26,10)20-31(51)55)65-45-36(59)37(35(58)38(67-45)41(60)61)66-44-34(57)33(56)28(54)21-64-44/h11-13,27-40,44-45,52-59H,14-23H2,1-10H3,(H,60,61)/b24-11-,25-12-/t27?,28-,29?,30?,31+,32-,33-,34+,35-,36+,37-,38-,39-,40-,44-,45+,47-,48-,49+,50+,51-/m0/s1. The summed E-state index contributed by atoms with van der Waals surface area (Å²) in [7, 11) is 0.